The molecule has 0 radical (unpaired) electrons. The Bertz CT molecular complexity index is 177. The Hall–Kier alpha value is -0.530. The molecule has 1 N–H and O–H groups in total. The van der Waals surface area contributed by atoms with Crippen molar-refractivity contribution in [3.05, 3.63) is 0 Å². The predicted molar refractivity (Wildman–Crippen MR) is 57.2 cm³/mol. The Morgan fingerprint density at radius 2 is 1.86 bits per heavy atom. The standard InChI is InChI=1S/C12H22O2/c1-2-3-4-5-6-7-8-10-9-11(10)12(13)14/h10-11H,2-9H2,1H3,(H,13,14)/t10?,11-/m1/s1. The summed E-state index contributed by atoms with van der Waals surface area (Å²) in [7, 11) is 0. The number of carboxylic acids is 1. The van der Waals surface area contributed by atoms with Crippen LogP contribution < -0.4 is 0 Å². The summed E-state index contributed by atoms with van der Waals surface area (Å²) in [5.74, 6) is -0.0645. The van der Waals surface area contributed by atoms with Gasteiger partial charge in [0.15, 0.2) is 0 Å². The molecular formula is C12H22O2. The van der Waals surface area contributed by atoms with Crippen LogP contribution >= 0.6 is 0 Å². The molecule has 1 unspecified atom stereocenters. The summed E-state index contributed by atoms with van der Waals surface area (Å²) in [6.45, 7) is 2.22. The number of carboxylic acid groups (broad SMARTS) is 1. The lowest BCUT2D eigenvalue weighted by Gasteiger charge is -1.99. The zero-order valence-corrected chi connectivity index (χ0v) is 9.17. The zero-order chi connectivity index (χ0) is 10.4. The van der Waals surface area contributed by atoms with E-state index in [9.17, 15) is 4.79 Å². The van der Waals surface area contributed by atoms with Gasteiger partial charge in [-0.25, -0.2) is 0 Å². The average molecular weight is 198 g/mol. The molecule has 2 atom stereocenters. The molecule has 0 saturated heterocycles. The smallest absolute Gasteiger partial charge is 0.306 e. The third kappa shape index (κ3) is 4.12. The van der Waals surface area contributed by atoms with Crippen molar-refractivity contribution < 1.29 is 9.90 Å². The molecule has 1 rings (SSSR count). The number of rotatable bonds is 8. The molecule has 14 heavy (non-hydrogen) atoms. The maximum atomic E-state index is 10.5. The van der Waals surface area contributed by atoms with Crippen LogP contribution in [0, 0.1) is 11.8 Å². The highest BCUT2D eigenvalue weighted by molar-refractivity contribution is 5.73. The van der Waals surface area contributed by atoms with Gasteiger partial charge in [0, 0.05) is 0 Å². The molecule has 0 heterocycles. The second-order valence-electron chi connectivity index (χ2n) is 4.50. The molecular weight excluding hydrogens is 176 g/mol. The molecule has 2 nitrogen and oxygen atoms in total. The number of hydrogen-bond donors (Lipinski definition) is 1. The second kappa shape index (κ2) is 6.05. The SMILES string of the molecule is CCCCCCCCC1C[C@H]1C(=O)O. The van der Waals surface area contributed by atoms with E-state index in [4.69, 9.17) is 5.11 Å². The fourth-order valence-corrected chi connectivity index (χ4v) is 2.06. The van der Waals surface area contributed by atoms with Gasteiger partial charge in [0.1, 0.15) is 0 Å². The first kappa shape index (κ1) is 11.5. The molecule has 0 bridgehead atoms. The summed E-state index contributed by atoms with van der Waals surface area (Å²) >= 11 is 0. The third-order valence-corrected chi connectivity index (χ3v) is 3.17. The summed E-state index contributed by atoms with van der Waals surface area (Å²) in [4.78, 5) is 10.5. The lowest BCUT2D eigenvalue weighted by Crippen LogP contribution is -1.99. The topological polar surface area (TPSA) is 37.3 Å². The van der Waals surface area contributed by atoms with Crippen LogP contribution in [0.2, 0.25) is 0 Å². The van der Waals surface area contributed by atoms with E-state index in [1.54, 1.807) is 0 Å². The van der Waals surface area contributed by atoms with Crippen LogP contribution in [0.1, 0.15) is 58.3 Å². The van der Waals surface area contributed by atoms with Gasteiger partial charge < -0.3 is 5.11 Å². The second-order valence-corrected chi connectivity index (χ2v) is 4.50. The molecule has 2 heteroatoms. The molecule has 0 aromatic carbocycles. The Labute approximate surface area is 86.7 Å². The van der Waals surface area contributed by atoms with Gasteiger partial charge in [-0.05, 0) is 18.8 Å². The lowest BCUT2D eigenvalue weighted by atomic mass is 10.1. The van der Waals surface area contributed by atoms with Crippen molar-refractivity contribution in [3.8, 4) is 0 Å². The summed E-state index contributed by atoms with van der Waals surface area (Å²) in [5, 5.41) is 8.70. The number of carbonyl (C=O) groups is 1. The Morgan fingerprint density at radius 3 is 2.43 bits per heavy atom. The highest BCUT2D eigenvalue weighted by atomic mass is 16.4. The van der Waals surface area contributed by atoms with Crippen LogP contribution in [0.15, 0.2) is 0 Å². The highest BCUT2D eigenvalue weighted by Gasteiger charge is 2.42. The molecule has 0 aromatic rings. The van der Waals surface area contributed by atoms with Crippen molar-refractivity contribution in [2.75, 3.05) is 0 Å². The van der Waals surface area contributed by atoms with E-state index in [1.807, 2.05) is 0 Å². The molecule has 0 aliphatic heterocycles. The van der Waals surface area contributed by atoms with Gasteiger partial charge in [0.25, 0.3) is 0 Å². The van der Waals surface area contributed by atoms with Crippen LogP contribution in [0.3, 0.4) is 0 Å². The van der Waals surface area contributed by atoms with Crippen LogP contribution in [0.25, 0.3) is 0 Å². The predicted octanol–water partition coefficient (Wildman–Crippen LogP) is 3.46. The monoisotopic (exact) mass is 198 g/mol. The van der Waals surface area contributed by atoms with Gasteiger partial charge in [-0.1, -0.05) is 45.4 Å². The largest absolute Gasteiger partial charge is 0.481 e. The van der Waals surface area contributed by atoms with E-state index in [2.05, 4.69) is 6.92 Å². The third-order valence-electron chi connectivity index (χ3n) is 3.17. The van der Waals surface area contributed by atoms with Gasteiger partial charge in [-0.15, -0.1) is 0 Å². The first-order valence-electron chi connectivity index (χ1n) is 5.98. The molecule has 1 aliphatic carbocycles. The fourth-order valence-electron chi connectivity index (χ4n) is 2.06. The van der Waals surface area contributed by atoms with Crippen LogP contribution in [-0.2, 0) is 4.79 Å². The minimum Gasteiger partial charge on any atom is -0.481 e. The van der Waals surface area contributed by atoms with Crippen molar-refractivity contribution in [2.24, 2.45) is 11.8 Å². The summed E-state index contributed by atoms with van der Waals surface area (Å²) in [5.41, 5.74) is 0. The van der Waals surface area contributed by atoms with Gasteiger partial charge in [0.05, 0.1) is 5.92 Å². The quantitative estimate of drug-likeness (QED) is 0.606. The lowest BCUT2D eigenvalue weighted by molar-refractivity contribution is -0.138. The normalized spacial score (nSPS) is 24.9. The van der Waals surface area contributed by atoms with Crippen LogP contribution in [0.5, 0.6) is 0 Å². The van der Waals surface area contributed by atoms with E-state index in [-0.39, 0.29) is 5.92 Å². The fraction of sp³-hybridized carbons (Fsp3) is 0.917. The van der Waals surface area contributed by atoms with Crippen molar-refractivity contribution >= 4 is 5.97 Å². The Balaban J connectivity index is 1.84. The first-order chi connectivity index (χ1) is 6.75. The van der Waals surface area contributed by atoms with E-state index >= 15 is 0 Å². The molecule has 1 fully saturated rings. The maximum absolute atomic E-state index is 10.5. The van der Waals surface area contributed by atoms with Gasteiger partial charge >= 0.3 is 5.97 Å². The molecule has 1 saturated carbocycles. The molecule has 0 spiro atoms. The number of hydrogen-bond acceptors (Lipinski definition) is 1. The summed E-state index contributed by atoms with van der Waals surface area (Å²) in [6.07, 6.45) is 9.93. The zero-order valence-electron chi connectivity index (χ0n) is 9.17. The molecule has 82 valence electrons. The van der Waals surface area contributed by atoms with E-state index in [0.29, 0.717) is 5.92 Å². The minimum absolute atomic E-state index is 0.00522. The highest BCUT2D eigenvalue weighted by Crippen LogP contribution is 2.42. The van der Waals surface area contributed by atoms with Crippen LogP contribution in [-0.4, -0.2) is 11.1 Å². The van der Waals surface area contributed by atoms with Gasteiger partial charge in [-0.2, -0.15) is 0 Å². The van der Waals surface area contributed by atoms with Crippen molar-refractivity contribution in [1.82, 2.24) is 0 Å². The van der Waals surface area contributed by atoms with Crippen molar-refractivity contribution in [3.63, 3.8) is 0 Å². The molecule has 1 aliphatic rings. The van der Waals surface area contributed by atoms with E-state index in [1.165, 1.54) is 38.5 Å². The van der Waals surface area contributed by atoms with Crippen LogP contribution in [0.4, 0.5) is 0 Å². The van der Waals surface area contributed by atoms with Gasteiger partial charge in [-0.3, -0.25) is 4.79 Å². The summed E-state index contributed by atoms with van der Waals surface area (Å²) < 4.78 is 0. The summed E-state index contributed by atoms with van der Waals surface area (Å²) in [6, 6.07) is 0. The molecule has 0 amide bonds. The van der Waals surface area contributed by atoms with Crippen molar-refractivity contribution in [2.45, 2.75) is 58.3 Å². The van der Waals surface area contributed by atoms with E-state index < -0.39 is 5.97 Å². The molecule has 0 aromatic heterocycles. The Morgan fingerprint density at radius 1 is 1.21 bits per heavy atom. The minimum atomic E-state index is -0.582. The van der Waals surface area contributed by atoms with E-state index in [0.717, 1.165) is 12.8 Å². The maximum Gasteiger partial charge on any atom is 0.306 e. The van der Waals surface area contributed by atoms with Gasteiger partial charge in [0.2, 0.25) is 0 Å². The number of aliphatic carboxylic acids is 1. The average Bonchev–Trinajstić information content (AvgIpc) is 2.90. The Kier molecular flexibility index (Phi) is 4.99. The van der Waals surface area contributed by atoms with Crippen molar-refractivity contribution in [1.29, 1.82) is 0 Å². The first-order valence-corrected chi connectivity index (χ1v) is 5.98. The number of unbranched alkanes of at least 4 members (excludes halogenated alkanes) is 5.